The molecule has 0 radical (unpaired) electrons. The van der Waals surface area contributed by atoms with Gasteiger partial charge < -0.3 is 9.47 Å². The quantitative estimate of drug-likeness (QED) is 0.843. The van der Waals surface area contributed by atoms with Gasteiger partial charge in [-0.2, -0.15) is 0 Å². The molecule has 1 N–H and O–H groups in total. The summed E-state index contributed by atoms with van der Waals surface area (Å²) in [5, 5.41) is 1.20. The van der Waals surface area contributed by atoms with E-state index in [0.717, 1.165) is 23.9 Å². The van der Waals surface area contributed by atoms with Crippen LogP contribution in [0.2, 0.25) is 0 Å². The molecule has 3 amide bonds. The molecule has 1 aromatic heterocycles. The van der Waals surface area contributed by atoms with E-state index in [2.05, 4.69) is 5.32 Å². The van der Waals surface area contributed by atoms with Crippen molar-refractivity contribution in [3.8, 4) is 0 Å². The van der Waals surface area contributed by atoms with Gasteiger partial charge in [-0.15, -0.1) is 0 Å². The number of likely N-dealkylation sites (tertiary alicyclic amines) is 1. The van der Waals surface area contributed by atoms with Crippen LogP contribution in [-0.2, 0) is 16.1 Å². The monoisotopic (exact) mass is 347 g/mol. The van der Waals surface area contributed by atoms with Crippen LogP contribution in [0.5, 0.6) is 0 Å². The van der Waals surface area contributed by atoms with Crippen molar-refractivity contribution >= 4 is 28.8 Å². The molecule has 2 bridgehead atoms. The third-order valence-electron chi connectivity index (χ3n) is 4.96. The lowest BCUT2D eigenvalue weighted by atomic mass is 9.83. The van der Waals surface area contributed by atoms with Gasteiger partial charge in [0, 0.05) is 43.7 Å². The number of piperidine rings is 1. The molecule has 3 aliphatic rings. The third kappa shape index (κ3) is 2.64. The molecule has 126 valence electrons. The maximum absolute atomic E-state index is 12.6. The van der Waals surface area contributed by atoms with Crippen LogP contribution < -0.4 is 10.9 Å². The Kier molecular flexibility index (Phi) is 3.71. The van der Waals surface area contributed by atoms with E-state index in [0.29, 0.717) is 19.6 Å². The molecule has 8 heteroatoms. The molecule has 2 saturated heterocycles. The van der Waals surface area contributed by atoms with Crippen molar-refractivity contribution in [2.24, 2.45) is 5.92 Å². The number of aromatic nitrogens is 1. The summed E-state index contributed by atoms with van der Waals surface area (Å²) >= 11 is 0.885. The normalized spacial score (nSPS) is 28.5. The average Bonchev–Trinajstić information content (AvgIpc) is 2.86. The van der Waals surface area contributed by atoms with E-state index >= 15 is 0 Å². The van der Waals surface area contributed by atoms with Gasteiger partial charge in [-0.1, -0.05) is 17.8 Å². The highest BCUT2D eigenvalue weighted by molar-refractivity contribution is 8.15. The summed E-state index contributed by atoms with van der Waals surface area (Å²) in [4.78, 5) is 49.2. The number of hydrogen-bond donors (Lipinski definition) is 1. The van der Waals surface area contributed by atoms with Gasteiger partial charge in [0.2, 0.25) is 11.8 Å². The van der Waals surface area contributed by atoms with Crippen molar-refractivity contribution in [2.45, 2.75) is 30.6 Å². The van der Waals surface area contributed by atoms with Gasteiger partial charge in [0.05, 0.1) is 0 Å². The van der Waals surface area contributed by atoms with Crippen molar-refractivity contribution in [1.29, 1.82) is 0 Å². The van der Waals surface area contributed by atoms with Gasteiger partial charge in [-0.25, -0.2) is 0 Å². The van der Waals surface area contributed by atoms with Gasteiger partial charge in [0.15, 0.2) is 0 Å². The molecular weight excluding hydrogens is 330 g/mol. The SMILES string of the molecule is O=C1NC(=O)C(CC(=O)N2CC3CC(C2)c2cccc(=O)n2C3)S1. The maximum atomic E-state index is 12.6. The van der Waals surface area contributed by atoms with Crippen molar-refractivity contribution in [3.63, 3.8) is 0 Å². The van der Waals surface area contributed by atoms with E-state index < -0.39 is 5.25 Å². The molecule has 0 aliphatic carbocycles. The van der Waals surface area contributed by atoms with Crippen molar-refractivity contribution in [2.75, 3.05) is 13.1 Å². The molecule has 1 aromatic rings. The molecular formula is C16H17N3O4S. The van der Waals surface area contributed by atoms with Gasteiger partial charge in [-0.3, -0.25) is 24.5 Å². The zero-order chi connectivity index (χ0) is 16.8. The zero-order valence-corrected chi connectivity index (χ0v) is 13.8. The molecule has 4 rings (SSSR count). The van der Waals surface area contributed by atoms with Crippen LogP contribution in [0.4, 0.5) is 4.79 Å². The van der Waals surface area contributed by atoms with Crippen molar-refractivity contribution in [3.05, 3.63) is 34.2 Å². The lowest BCUT2D eigenvalue weighted by Crippen LogP contribution is -2.49. The second-order valence-electron chi connectivity index (χ2n) is 6.58. The van der Waals surface area contributed by atoms with Gasteiger partial charge >= 0.3 is 0 Å². The molecule has 7 nitrogen and oxygen atoms in total. The van der Waals surface area contributed by atoms with Crippen LogP contribution in [0, 0.1) is 5.92 Å². The lowest BCUT2D eigenvalue weighted by molar-refractivity contribution is -0.135. The predicted molar refractivity (Wildman–Crippen MR) is 87.7 cm³/mol. The largest absolute Gasteiger partial charge is 0.342 e. The van der Waals surface area contributed by atoms with Crippen LogP contribution in [0.25, 0.3) is 0 Å². The fourth-order valence-corrected chi connectivity index (χ4v) is 4.73. The van der Waals surface area contributed by atoms with E-state index in [9.17, 15) is 19.2 Å². The number of imide groups is 1. The maximum Gasteiger partial charge on any atom is 0.286 e. The Bertz CT molecular complexity index is 790. The number of fused-ring (bicyclic) bond motifs is 4. The molecule has 4 heterocycles. The molecule has 3 atom stereocenters. The predicted octanol–water partition coefficient (Wildman–Crippen LogP) is 0.536. The highest BCUT2D eigenvalue weighted by atomic mass is 32.2. The first-order chi connectivity index (χ1) is 11.5. The first kappa shape index (κ1) is 15.4. The van der Waals surface area contributed by atoms with Crippen LogP contribution in [0.15, 0.2) is 23.0 Å². The zero-order valence-electron chi connectivity index (χ0n) is 12.9. The van der Waals surface area contributed by atoms with Crippen molar-refractivity contribution in [1.82, 2.24) is 14.8 Å². The van der Waals surface area contributed by atoms with Gasteiger partial charge in [0.25, 0.3) is 10.8 Å². The third-order valence-corrected chi connectivity index (χ3v) is 5.94. The van der Waals surface area contributed by atoms with E-state index in [1.54, 1.807) is 17.0 Å². The molecule has 0 aromatic carbocycles. The minimum atomic E-state index is -0.623. The van der Waals surface area contributed by atoms with Crippen LogP contribution in [0.3, 0.4) is 0 Å². The summed E-state index contributed by atoms with van der Waals surface area (Å²) in [5.41, 5.74) is 0.999. The lowest BCUT2D eigenvalue weighted by Gasteiger charge is -2.42. The van der Waals surface area contributed by atoms with E-state index in [1.807, 2.05) is 10.6 Å². The first-order valence-corrected chi connectivity index (χ1v) is 8.88. The molecule has 2 fully saturated rings. The Labute approximate surface area is 142 Å². The van der Waals surface area contributed by atoms with Gasteiger partial charge in [-0.05, 0) is 18.4 Å². The van der Waals surface area contributed by atoms with E-state index in [4.69, 9.17) is 0 Å². The molecule has 24 heavy (non-hydrogen) atoms. The van der Waals surface area contributed by atoms with Crippen LogP contribution in [0.1, 0.15) is 24.5 Å². The summed E-state index contributed by atoms with van der Waals surface area (Å²) in [5.74, 6) is -0.0692. The Morgan fingerprint density at radius 2 is 2.04 bits per heavy atom. The Morgan fingerprint density at radius 1 is 1.21 bits per heavy atom. The average molecular weight is 347 g/mol. The van der Waals surface area contributed by atoms with Crippen LogP contribution in [-0.4, -0.2) is 44.9 Å². The fraction of sp³-hybridized carbons (Fsp3) is 0.500. The molecule has 3 aliphatic heterocycles. The number of carbonyl (C=O) groups excluding carboxylic acids is 3. The van der Waals surface area contributed by atoms with Crippen molar-refractivity contribution < 1.29 is 14.4 Å². The first-order valence-electron chi connectivity index (χ1n) is 8.00. The molecule has 0 saturated carbocycles. The molecule has 3 unspecified atom stereocenters. The Hall–Kier alpha value is -2.09. The summed E-state index contributed by atoms with van der Waals surface area (Å²) in [6.07, 6.45) is 1.02. The Balaban J connectivity index is 1.50. The number of rotatable bonds is 2. The highest BCUT2D eigenvalue weighted by Gasteiger charge is 2.39. The number of hydrogen-bond acceptors (Lipinski definition) is 5. The second-order valence-corrected chi connectivity index (χ2v) is 7.76. The Morgan fingerprint density at radius 3 is 2.79 bits per heavy atom. The van der Waals surface area contributed by atoms with Crippen LogP contribution >= 0.6 is 11.8 Å². The summed E-state index contributed by atoms with van der Waals surface area (Å²) in [7, 11) is 0. The standard InChI is InChI=1S/C16H17N3O4S/c20-13-3-1-2-11-10-4-9(7-19(11)13)6-18(8-10)14(21)5-12-15(22)17-16(23)24-12/h1-3,9-10,12H,4-8H2,(H,17,22,23). The molecule has 0 spiro atoms. The summed E-state index contributed by atoms with van der Waals surface area (Å²) < 4.78 is 1.82. The second kappa shape index (κ2) is 5.77. The topological polar surface area (TPSA) is 88.5 Å². The van der Waals surface area contributed by atoms with Gasteiger partial charge in [0.1, 0.15) is 5.25 Å². The summed E-state index contributed by atoms with van der Waals surface area (Å²) in [6, 6.07) is 5.29. The smallest absolute Gasteiger partial charge is 0.286 e. The highest BCUT2D eigenvalue weighted by Crippen LogP contribution is 2.35. The number of carbonyl (C=O) groups is 3. The fourth-order valence-electron chi connectivity index (χ4n) is 3.92. The van der Waals surface area contributed by atoms with E-state index in [-0.39, 0.29) is 40.9 Å². The summed E-state index contributed by atoms with van der Waals surface area (Å²) in [6.45, 7) is 1.79. The number of amides is 3. The minimum absolute atomic E-state index is 0.0134. The van der Waals surface area contributed by atoms with E-state index in [1.165, 1.54) is 0 Å². The number of nitrogens with one attached hydrogen (secondary N) is 1. The number of thioether (sulfide) groups is 1. The number of nitrogens with zero attached hydrogens (tertiary/aromatic N) is 2. The minimum Gasteiger partial charge on any atom is -0.342 e. The number of pyridine rings is 1.